The van der Waals surface area contributed by atoms with Crippen molar-refractivity contribution in [3.8, 4) is 11.5 Å². The number of para-hydroxylation sites is 1. The summed E-state index contributed by atoms with van der Waals surface area (Å²) in [5.41, 5.74) is 3.92. The van der Waals surface area contributed by atoms with Gasteiger partial charge in [-0.3, -0.25) is 15.0 Å². The number of phenolic OH excluding ortho intramolecular Hbond substituents is 1. The van der Waals surface area contributed by atoms with Gasteiger partial charge in [0.15, 0.2) is 6.10 Å². The number of hydrogen-bond acceptors (Lipinski definition) is 6. The van der Waals surface area contributed by atoms with E-state index < -0.39 is 23.9 Å². The second-order valence-electron chi connectivity index (χ2n) is 7.68. The molecular weight excluding hydrogens is 448 g/mol. The van der Waals surface area contributed by atoms with Crippen molar-refractivity contribution in [3.05, 3.63) is 90.0 Å². The van der Waals surface area contributed by atoms with E-state index in [-0.39, 0.29) is 30.0 Å². The molecule has 3 rings (SSSR count). The summed E-state index contributed by atoms with van der Waals surface area (Å²) in [4.78, 5) is 38.8. The van der Waals surface area contributed by atoms with Gasteiger partial charge in [0, 0.05) is 6.42 Å². The molecule has 182 valence electrons. The van der Waals surface area contributed by atoms with Gasteiger partial charge in [-0.25, -0.2) is 9.80 Å². The molecule has 3 aromatic carbocycles. The van der Waals surface area contributed by atoms with Crippen LogP contribution in [0.25, 0.3) is 0 Å². The summed E-state index contributed by atoms with van der Waals surface area (Å²) in [6.07, 6.45) is -0.430. The Morgan fingerprint density at radius 2 is 1.60 bits per heavy atom. The summed E-state index contributed by atoms with van der Waals surface area (Å²) in [5.74, 6) is -1.16. The number of hydrazine groups is 1. The number of carbonyl (C=O) groups excluding carboxylic acids is 3. The maximum Gasteiger partial charge on any atom is 0.340 e. The maximum absolute atomic E-state index is 13.3. The summed E-state index contributed by atoms with van der Waals surface area (Å²) in [7, 11) is 0. The Labute approximate surface area is 204 Å². The minimum Gasteiger partial charge on any atom is -0.508 e. The van der Waals surface area contributed by atoms with E-state index in [1.165, 1.54) is 37.3 Å². The van der Waals surface area contributed by atoms with E-state index >= 15 is 0 Å². The van der Waals surface area contributed by atoms with Crippen LogP contribution in [0, 0.1) is 0 Å². The van der Waals surface area contributed by atoms with Crippen LogP contribution in [0.4, 0.5) is 5.69 Å². The molecule has 0 radical (unpaired) electrons. The van der Waals surface area contributed by atoms with E-state index in [0.717, 1.165) is 10.6 Å². The smallest absolute Gasteiger partial charge is 0.340 e. The van der Waals surface area contributed by atoms with Crippen LogP contribution in [0.5, 0.6) is 11.5 Å². The number of rotatable bonds is 9. The largest absolute Gasteiger partial charge is 0.508 e. The highest BCUT2D eigenvalue weighted by Crippen LogP contribution is 2.22. The molecule has 0 fully saturated rings. The molecule has 1 atom stereocenters. The fourth-order valence-electron chi connectivity index (χ4n) is 3.30. The highest BCUT2D eigenvalue weighted by Gasteiger charge is 2.26. The lowest BCUT2D eigenvalue weighted by Crippen LogP contribution is -2.51. The number of nitrogens with one attached hydrogen (secondary N) is 1. The van der Waals surface area contributed by atoms with Crippen molar-refractivity contribution in [2.75, 3.05) is 11.6 Å². The van der Waals surface area contributed by atoms with Gasteiger partial charge in [-0.15, -0.1) is 0 Å². The number of carbonyl (C=O) groups is 3. The lowest BCUT2D eigenvalue weighted by atomic mass is 10.1. The highest BCUT2D eigenvalue weighted by atomic mass is 16.5. The van der Waals surface area contributed by atoms with E-state index in [1.807, 2.05) is 30.3 Å². The third-order valence-corrected chi connectivity index (χ3v) is 5.10. The highest BCUT2D eigenvalue weighted by molar-refractivity contribution is 6.04. The summed E-state index contributed by atoms with van der Waals surface area (Å²) >= 11 is 0. The number of benzene rings is 3. The quantitative estimate of drug-likeness (QED) is 0.357. The number of nitrogens with zero attached hydrogens (tertiary/aromatic N) is 1. The molecule has 0 saturated carbocycles. The van der Waals surface area contributed by atoms with Crippen LogP contribution in [0.15, 0.2) is 78.9 Å². The molecule has 0 aliphatic carbocycles. The van der Waals surface area contributed by atoms with Crippen LogP contribution in [-0.2, 0) is 20.7 Å². The minimum absolute atomic E-state index is 0.0696. The fraction of sp³-hybridized carbons (Fsp3) is 0.222. The average molecular weight is 477 g/mol. The van der Waals surface area contributed by atoms with Gasteiger partial charge in [0.1, 0.15) is 11.5 Å². The molecule has 0 aliphatic heterocycles. The Balaban J connectivity index is 1.83. The van der Waals surface area contributed by atoms with Crippen LogP contribution in [0.1, 0.15) is 36.2 Å². The molecule has 1 unspecified atom stereocenters. The molecule has 0 saturated heterocycles. The number of phenols is 1. The minimum atomic E-state index is -0.973. The Morgan fingerprint density at radius 1 is 0.943 bits per heavy atom. The number of esters is 1. The number of anilines is 1. The van der Waals surface area contributed by atoms with E-state index in [9.17, 15) is 19.5 Å². The fourth-order valence-corrected chi connectivity index (χ4v) is 3.30. The van der Waals surface area contributed by atoms with Crippen molar-refractivity contribution in [3.63, 3.8) is 0 Å². The second kappa shape index (κ2) is 12.2. The zero-order chi connectivity index (χ0) is 25.2. The first-order valence-corrected chi connectivity index (χ1v) is 11.3. The molecule has 0 aliphatic rings. The maximum atomic E-state index is 13.3. The summed E-state index contributed by atoms with van der Waals surface area (Å²) in [5, 5.41) is 10.5. The van der Waals surface area contributed by atoms with Crippen molar-refractivity contribution in [2.24, 2.45) is 0 Å². The summed E-state index contributed by atoms with van der Waals surface area (Å²) in [6.45, 7) is 3.39. The molecule has 0 spiro atoms. The molecule has 8 heteroatoms. The third kappa shape index (κ3) is 7.07. The third-order valence-electron chi connectivity index (χ3n) is 5.10. The molecule has 0 bridgehead atoms. The van der Waals surface area contributed by atoms with Crippen LogP contribution in [0.3, 0.4) is 0 Å². The van der Waals surface area contributed by atoms with Gasteiger partial charge in [0.25, 0.3) is 5.91 Å². The predicted octanol–water partition coefficient (Wildman–Crippen LogP) is 4.03. The van der Waals surface area contributed by atoms with Crippen LogP contribution >= 0.6 is 0 Å². The first-order chi connectivity index (χ1) is 16.9. The Kier molecular flexibility index (Phi) is 8.83. The lowest BCUT2D eigenvalue weighted by molar-refractivity contribution is -0.130. The Bertz CT molecular complexity index is 1150. The molecule has 0 aromatic heterocycles. The van der Waals surface area contributed by atoms with Gasteiger partial charge >= 0.3 is 5.97 Å². The van der Waals surface area contributed by atoms with Gasteiger partial charge in [-0.05, 0) is 62.2 Å². The van der Waals surface area contributed by atoms with Crippen molar-refractivity contribution in [1.29, 1.82) is 0 Å². The summed E-state index contributed by atoms with van der Waals surface area (Å²) < 4.78 is 10.8. The van der Waals surface area contributed by atoms with E-state index in [0.29, 0.717) is 12.2 Å². The summed E-state index contributed by atoms with van der Waals surface area (Å²) in [6, 6.07) is 21.8. The van der Waals surface area contributed by atoms with Crippen LogP contribution in [-0.4, -0.2) is 35.6 Å². The molecule has 2 amide bonds. The molecule has 3 aromatic rings. The molecule has 2 N–H and O–H groups in total. The monoisotopic (exact) mass is 476 g/mol. The van der Waals surface area contributed by atoms with Gasteiger partial charge in [-0.2, -0.15) is 0 Å². The number of ether oxygens (including phenoxy) is 2. The van der Waals surface area contributed by atoms with E-state index in [1.54, 1.807) is 25.1 Å². The first kappa shape index (κ1) is 25.3. The zero-order valence-corrected chi connectivity index (χ0v) is 19.6. The van der Waals surface area contributed by atoms with Gasteiger partial charge in [0.05, 0.1) is 17.9 Å². The number of hydrogen-bond donors (Lipinski definition) is 2. The molecular formula is C27H28N2O6. The number of aryl methyl sites for hydroxylation is 1. The van der Waals surface area contributed by atoms with Gasteiger partial charge < -0.3 is 14.6 Å². The van der Waals surface area contributed by atoms with Crippen molar-refractivity contribution in [2.45, 2.75) is 32.8 Å². The van der Waals surface area contributed by atoms with E-state index in [2.05, 4.69) is 5.43 Å². The normalized spacial score (nSPS) is 11.3. The molecule has 8 nitrogen and oxygen atoms in total. The van der Waals surface area contributed by atoms with Crippen LogP contribution < -0.4 is 15.2 Å². The zero-order valence-electron chi connectivity index (χ0n) is 19.6. The molecule has 35 heavy (non-hydrogen) atoms. The average Bonchev–Trinajstić information content (AvgIpc) is 2.87. The topological polar surface area (TPSA) is 105 Å². The lowest BCUT2D eigenvalue weighted by Gasteiger charge is -2.27. The van der Waals surface area contributed by atoms with E-state index in [4.69, 9.17) is 9.47 Å². The van der Waals surface area contributed by atoms with Gasteiger partial charge in [-0.1, -0.05) is 42.5 Å². The van der Waals surface area contributed by atoms with Crippen molar-refractivity contribution < 1.29 is 29.0 Å². The molecule has 0 heterocycles. The van der Waals surface area contributed by atoms with Crippen molar-refractivity contribution in [1.82, 2.24) is 5.43 Å². The van der Waals surface area contributed by atoms with Crippen molar-refractivity contribution >= 4 is 23.5 Å². The van der Waals surface area contributed by atoms with Gasteiger partial charge in [0.2, 0.25) is 5.91 Å². The van der Waals surface area contributed by atoms with Crippen LogP contribution in [0.2, 0.25) is 0 Å². The second-order valence-corrected chi connectivity index (χ2v) is 7.68. The Hall–Kier alpha value is -4.33. The predicted molar refractivity (Wildman–Crippen MR) is 131 cm³/mol. The number of amides is 2. The number of aromatic hydroxyl groups is 1. The SMILES string of the molecule is CCOC(=O)c1ccccc1N(NC(=O)C(C)Oc1ccc(O)cc1)C(=O)CCc1ccccc1. The standard InChI is InChI=1S/C27H28N2O6/c1-3-34-27(33)23-11-7-8-12-24(23)29(25(31)18-13-20-9-5-4-6-10-20)28-26(32)19(2)35-22-16-14-21(30)15-17-22/h4-12,14-17,19,30H,3,13,18H2,1-2H3,(H,28,32). The first-order valence-electron chi connectivity index (χ1n) is 11.3. The Morgan fingerprint density at radius 3 is 2.29 bits per heavy atom.